The average molecular weight is 250 g/mol. The second-order valence-electron chi connectivity index (χ2n) is 4.29. The first kappa shape index (κ1) is 13.4. The summed E-state index contributed by atoms with van der Waals surface area (Å²) < 4.78 is 27.1. The van der Waals surface area contributed by atoms with Gasteiger partial charge >= 0.3 is 5.97 Å². The number of hydrogen-bond acceptors (Lipinski definition) is 3. The molecule has 0 amide bonds. The molecule has 1 unspecified atom stereocenters. The van der Waals surface area contributed by atoms with Crippen molar-refractivity contribution in [3.05, 3.63) is 0 Å². The number of nitrogens with zero attached hydrogens (tertiary/aromatic N) is 1. The van der Waals surface area contributed by atoms with Gasteiger partial charge in [-0.2, -0.15) is 17.4 Å². The van der Waals surface area contributed by atoms with Gasteiger partial charge in [0, 0.05) is 13.1 Å². The van der Waals surface area contributed by atoms with Crippen molar-refractivity contribution < 1.29 is 18.3 Å². The Hall–Kier alpha value is -0.660. The zero-order valence-corrected chi connectivity index (χ0v) is 10.3. The third-order valence-corrected chi connectivity index (χ3v) is 4.32. The van der Waals surface area contributed by atoms with Crippen molar-refractivity contribution in [3.63, 3.8) is 0 Å². The first-order valence-electron chi connectivity index (χ1n) is 5.33. The minimum absolute atomic E-state index is 0.324. The van der Waals surface area contributed by atoms with Gasteiger partial charge in [0.2, 0.25) is 0 Å². The molecule has 0 spiro atoms. The summed E-state index contributed by atoms with van der Waals surface area (Å²) in [7, 11) is -3.66. The molecular formula is C9H18N2O4S. The molecule has 0 aromatic heterocycles. The van der Waals surface area contributed by atoms with Crippen LogP contribution in [-0.4, -0.2) is 42.9 Å². The fraction of sp³-hybridized carbons (Fsp3) is 0.889. The molecule has 1 saturated heterocycles. The van der Waals surface area contributed by atoms with E-state index in [0.717, 1.165) is 12.8 Å². The number of carboxylic acid groups (broad SMARTS) is 1. The second kappa shape index (κ2) is 5.11. The van der Waals surface area contributed by atoms with Crippen LogP contribution in [0.3, 0.4) is 0 Å². The number of aliphatic carboxylic acids is 1. The standard InChI is InChI=1S/C9H18N2O4S/c1-7-4-3-5-11(6-7)16(14,15)10-8(2)9(12)13/h7-8,10H,3-6H2,1-2H3,(H,12,13)/t7?,8-/m0/s1. The van der Waals surface area contributed by atoms with Gasteiger partial charge in [-0.1, -0.05) is 6.92 Å². The first-order chi connectivity index (χ1) is 7.33. The highest BCUT2D eigenvalue weighted by Crippen LogP contribution is 2.17. The Labute approximate surface area is 95.8 Å². The summed E-state index contributed by atoms with van der Waals surface area (Å²) in [5, 5.41) is 8.65. The van der Waals surface area contributed by atoms with E-state index in [1.165, 1.54) is 11.2 Å². The molecule has 1 rings (SSSR count). The van der Waals surface area contributed by atoms with Crippen molar-refractivity contribution >= 4 is 16.2 Å². The van der Waals surface area contributed by atoms with E-state index in [2.05, 4.69) is 4.72 Å². The molecule has 16 heavy (non-hydrogen) atoms. The van der Waals surface area contributed by atoms with E-state index < -0.39 is 22.2 Å². The molecule has 94 valence electrons. The molecule has 2 atom stereocenters. The average Bonchev–Trinajstić information content (AvgIpc) is 2.17. The van der Waals surface area contributed by atoms with Crippen molar-refractivity contribution in [2.75, 3.05) is 13.1 Å². The Kier molecular flexibility index (Phi) is 4.28. The van der Waals surface area contributed by atoms with Crippen LogP contribution in [0.25, 0.3) is 0 Å². The van der Waals surface area contributed by atoms with Crippen LogP contribution in [0.1, 0.15) is 26.7 Å². The summed E-state index contributed by atoms with van der Waals surface area (Å²) in [6.45, 7) is 4.23. The normalized spacial score (nSPS) is 25.2. The number of hydrogen-bond donors (Lipinski definition) is 2. The molecule has 1 fully saturated rings. The molecular weight excluding hydrogens is 232 g/mol. The van der Waals surface area contributed by atoms with Crippen LogP contribution in [0.15, 0.2) is 0 Å². The van der Waals surface area contributed by atoms with E-state index in [1.54, 1.807) is 0 Å². The Balaban J connectivity index is 2.66. The zero-order chi connectivity index (χ0) is 12.3. The molecule has 2 N–H and O–H groups in total. The number of nitrogens with one attached hydrogen (secondary N) is 1. The van der Waals surface area contributed by atoms with E-state index in [0.29, 0.717) is 19.0 Å². The molecule has 0 aliphatic carbocycles. The third kappa shape index (κ3) is 3.43. The lowest BCUT2D eigenvalue weighted by Crippen LogP contribution is -2.49. The predicted octanol–water partition coefficient (Wildman–Crippen LogP) is 0.0258. The summed E-state index contributed by atoms with van der Waals surface area (Å²) in [6.07, 6.45) is 1.84. The quantitative estimate of drug-likeness (QED) is 0.736. The van der Waals surface area contributed by atoms with Crippen LogP contribution in [0, 0.1) is 5.92 Å². The summed E-state index contributed by atoms with van der Waals surface area (Å²) in [5.41, 5.74) is 0. The van der Waals surface area contributed by atoms with Crippen LogP contribution in [0.5, 0.6) is 0 Å². The fourth-order valence-electron chi connectivity index (χ4n) is 1.71. The molecule has 0 radical (unpaired) electrons. The highest BCUT2D eigenvalue weighted by atomic mass is 32.2. The maximum atomic E-state index is 11.8. The van der Waals surface area contributed by atoms with E-state index in [-0.39, 0.29) is 0 Å². The van der Waals surface area contributed by atoms with Gasteiger partial charge in [0.15, 0.2) is 0 Å². The van der Waals surface area contributed by atoms with Gasteiger partial charge in [0.1, 0.15) is 6.04 Å². The largest absolute Gasteiger partial charge is 0.480 e. The van der Waals surface area contributed by atoms with Crippen molar-refractivity contribution in [1.82, 2.24) is 9.03 Å². The summed E-state index contributed by atoms with van der Waals surface area (Å²) in [6, 6.07) is -1.10. The van der Waals surface area contributed by atoms with E-state index in [9.17, 15) is 13.2 Å². The maximum absolute atomic E-state index is 11.8. The van der Waals surface area contributed by atoms with Crippen LogP contribution in [0.2, 0.25) is 0 Å². The van der Waals surface area contributed by atoms with Gasteiger partial charge in [0.05, 0.1) is 0 Å². The van der Waals surface area contributed by atoms with E-state index >= 15 is 0 Å². The van der Waals surface area contributed by atoms with Crippen molar-refractivity contribution in [3.8, 4) is 0 Å². The van der Waals surface area contributed by atoms with Crippen LogP contribution in [-0.2, 0) is 15.0 Å². The van der Waals surface area contributed by atoms with Crippen molar-refractivity contribution in [2.45, 2.75) is 32.7 Å². The van der Waals surface area contributed by atoms with Crippen LogP contribution < -0.4 is 4.72 Å². The summed E-state index contributed by atoms with van der Waals surface area (Å²) in [4.78, 5) is 10.6. The van der Waals surface area contributed by atoms with Gasteiger partial charge in [-0.05, 0) is 25.7 Å². The molecule has 1 aliphatic heterocycles. The van der Waals surface area contributed by atoms with E-state index in [4.69, 9.17) is 5.11 Å². The van der Waals surface area contributed by atoms with Crippen molar-refractivity contribution in [1.29, 1.82) is 0 Å². The van der Waals surface area contributed by atoms with E-state index in [1.807, 2.05) is 6.92 Å². The van der Waals surface area contributed by atoms with Gasteiger partial charge in [-0.25, -0.2) is 0 Å². The molecule has 0 saturated carbocycles. The highest BCUT2D eigenvalue weighted by Gasteiger charge is 2.29. The lowest BCUT2D eigenvalue weighted by Gasteiger charge is -2.30. The lowest BCUT2D eigenvalue weighted by atomic mass is 10.0. The molecule has 0 aromatic carbocycles. The summed E-state index contributed by atoms with van der Waals surface area (Å²) in [5.74, 6) is -0.848. The molecule has 0 aromatic rings. The summed E-state index contributed by atoms with van der Waals surface area (Å²) >= 11 is 0. The van der Waals surface area contributed by atoms with Crippen LogP contribution >= 0.6 is 0 Å². The zero-order valence-electron chi connectivity index (χ0n) is 9.51. The van der Waals surface area contributed by atoms with Crippen LogP contribution in [0.4, 0.5) is 0 Å². The Morgan fingerprint density at radius 2 is 2.19 bits per heavy atom. The monoisotopic (exact) mass is 250 g/mol. The number of carbonyl (C=O) groups is 1. The lowest BCUT2D eigenvalue weighted by molar-refractivity contribution is -0.138. The van der Waals surface area contributed by atoms with Gasteiger partial charge in [0.25, 0.3) is 10.2 Å². The topological polar surface area (TPSA) is 86.7 Å². The number of piperidine rings is 1. The number of carboxylic acids is 1. The van der Waals surface area contributed by atoms with Gasteiger partial charge in [-0.3, -0.25) is 4.79 Å². The van der Waals surface area contributed by atoms with Gasteiger partial charge < -0.3 is 5.11 Å². The van der Waals surface area contributed by atoms with Crippen molar-refractivity contribution in [2.24, 2.45) is 5.92 Å². The first-order valence-corrected chi connectivity index (χ1v) is 6.77. The third-order valence-electron chi connectivity index (χ3n) is 2.66. The molecule has 0 bridgehead atoms. The minimum Gasteiger partial charge on any atom is -0.480 e. The minimum atomic E-state index is -3.66. The Morgan fingerprint density at radius 3 is 2.69 bits per heavy atom. The Morgan fingerprint density at radius 1 is 1.56 bits per heavy atom. The molecule has 7 heteroatoms. The number of rotatable bonds is 4. The fourth-order valence-corrected chi connectivity index (χ4v) is 3.23. The molecule has 6 nitrogen and oxygen atoms in total. The smallest absolute Gasteiger partial charge is 0.321 e. The predicted molar refractivity (Wildman–Crippen MR) is 59.1 cm³/mol. The second-order valence-corrected chi connectivity index (χ2v) is 5.99. The molecule has 1 aliphatic rings. The Bertz CT molecular complexity index is 355. The SMILES string of the molecule is CC1CCCN(S(=O)(=O)N[C@@H](C)C(=O)O)C1. The molecule has 1 heterocycles. The maximum Gasteiger partial charge on any atom is 0.321 e. The van der Waals surface area contributed by atoms with Gasteiger partial charge in [-0.15, -0.1) is 0 Å². The highest BCUT2D eigenvalue weighted by molar-refractivity contribution is 7.87.